The number of hydrogen-bond donors (Lipinski definition) is 2. The number of carbonyl (C=O) groups excluding carboxylic acids is 1. The van der Waals surface area contributed by atoms with Gasteiger partial charge in [0.05, 0.1) is 20.6 Å². The summed E-state index contributed by atoms with van der Waals surface area (Å²) in [5.41, 5.74) is 2.08. The predicted molar refractivity (Wildman–Crippen MR) is 88.8 cm³/mol. The number of anilines is 1. The smallest absolute Gasteiger partial charge is 0.225 e. The fourth-order valence-corrected chi connectivity index (χ4v) is 2.12. The Hall–Kier alpha value is -1.55. The van der Waals surface area contributed by atoms with E-state index in [1.54, 1.807) is 0 Å². The van der Waals surface area contributed by atoms with E-state index in [1.165, 1.54) is 16.2 Å². The highest BCUT2D eigenvalue weighted by molar-refractivity contribution is 5.81. The van der Waals surface area contributed by atoms with Crippen LogP contribution in [0.25, 0.3) is 0 Å². The second-order valence-electron chi connectivity index (χ2n) is 7.08. The van der Waals surface area contributed by atoms with E-state index in [2.05, 4.69) is 48.6 Å². The lowest BCUT2D eigenvalue weighted by Crippen LogP contribution is -3.07. The monoisotopic (exact) mass is 292 g/mol. The first-order valence-electron chi connectivity index (χ1n) is 7.48. The van der Waals surface area contributed by atoms with Crippen molar-refractivity contribution in [3.8, 4) is 0 Å². The van der Waals surface area contributed by atoms with Gasteiger partial charge in [0.25, 0.3) is 0 Å². The minimum Gasteiger partial charge on any atom is -0.378 e. The van der Waals surface area contributed by atoms with Crippen LogP contribution in [0.1, 0.15) is 32.4 Å². The summed E-state index contributed by atoms with van der Waals surface area (Å²) in [7, 11) is 8.31. The Morgan fingerprint density at radius 3 is 2.10 bits per heavy atom. The lowest BCUT2D eigenvalue weighted by Gasteiger charge is -2.25. The number of nitrogens with zero attached hydrogens (tertiary/aromatic N) is 1. The number of rotatable bonds is 5. The van der Waals surface area contributed by atoms with E-state index in [1.807, 2.05) is 34.9 Å². The molecular weight excluding hydrogens is 262 g/mol. The highest BCUT2D eigenvalue weighted by atomic mass is 16.2. The first-order chi connectivity index (χ1) is 9.62. The zero-order valence-electron chi connectivity index (χ0n) is 14.4. The van der Waals surface area contributed by atoms with Crippen molar-refractivity contribution in [1.29, 1.82) is 0 Å². The number of hydrogen-bond acceptors (Lipinski definition) is 2. The fourth-order valence-electron chi connectivity index (χ4n) is 2.12. The Bertz CT molecular complexity index is 458. The third kappa shape index (κ3) is 5.05. The van der Waals surface area contributed by atoms with Gasteiger partial charge in [-0.1, -0.05) is 32.9 Å². The van der Waals surface area contributed by atoms with Crippen LogP contribution in [0.3, 0.4) is 0 Å². The molecule has 0 heterocycles. The molecule has 1 aromatic carbocycles. The molecule has 0 radical (unpaired) electrons. The molecule has 21 heavy (non-hydrogen) atoms. The van der Waals surface area contributed by atoms with Gasteiger partial charge in [0.2, 0.25) is 5.91 Å². The van der Waals surface area contributed by atoms with Crippen LogP contribution in [0.4, 0.5) is 5.69 Å². The zero-order chi connectivity index (χ0) is 16.2. The third-order valence-electron chi connectivity index (χ3n) is 3.66. The van der Waals surface area contributed by atoms with Gasteiger partial charge in [-0.25, -0.2) is 0 Å². The van der Waals surface area contributed by atoms with Crippen LogP contribution in [0.2, 0.25) is 0 Å². The lowest BCUT2D eigenvalue weighted by molar-refractivity contribution is -0.890. The number of carbonyl (C=O) groups is 1. The van der Waals surface area contributed by atoms with Crippen LogP contribution in [-0.4, -0.2) is 40.6 Å². The van der Waals surface area contributed by atoms with Gasteiger partial charge in [-0.05, 0) is 12.1 Å². The van der Waals surface area contributed by atoms with E-state index in [-0.39, 0.29) is 17.4 Å². The largest absolute Gasteiger partial charge is 0.378 e. The number of benzene rings is 1. The number of nitrogens with one attached hydrogen (secondary N) is 2. The quantitative estimate of drug-likeness (QED) is 0.853. The van der Waals surface area contributed by atoms with E-state index in [0.29, 0.717) is 6.54 Å². The third-order valence-corrected chi connectivity index (χ3v) is 3.66. The molecule has 0 saturated carbocycles. The summed E-state index contributed by atoms with van der Waals surface area (Å²) < 4.78 is 0. The van der Waals surface area contributed by atoms with Crippen LogP contribution >= 0.6 is 0 Å². The van der Waals surface area contributed by atoms with Crippen molar-refractivity contribution < 1.29 is 9.69 Å². The molecule has 0 bridgehead atoms. The maximum atomic E-state index is 12.0. The molecule has 1 atom stereocenters. The van der Waals surface area contributed by atoms with Gasteiger partial charge in [0, 0.05) is 30.8 Å². The van der Waals surface area contributed by atoms with Crippen molar-refractivity contribution in [2.75, 3.05) is 39.6 Å². The van der Waals surface area contributed by atoms with E-state index < -0.39 is 0 Å². The normalized spacial score (nSPS) is 13.1. The van der Waals surface area contributed by atoms with E-state index >= 15 is 0 Å². The molecule has 1 amide bonds. The molecule has 0 spiro atoms. The molecule has 4 heteroatoms. The van der Waals surface area contributed by atoms with Crippen molar-refractivity contribution in [1.82, 2.24) is 5.32 Å². The summed E-state index contributed by atoms with van der Waals surface area (Å²) in [6.07, 6.45) is 0. The van der Waals surface area contributed by atoms with Gasteiger partial charge < -0.3 is 15.1 Å². The summed E-state index contributed by atoms with van der Waals surface area (Å²) in [4.78, 5) is 15.4. The first kappa shape index (κ1) is 17.5. The van der Waals surface area contributed by atoms with E-state index in [4.69, 9.17) is 0 Å². The Morgan fingerprint density at radius 2 is 1.71 bits per heavy atom. The van der Waals surface area contributed by atoms with Crippen LogP contribution < -0.4 is 15.1 Å². The van der Waals surface area contributed by atoms with Crippen LogP contribution in [0.5, 0.6) is 0 Å². The summed E-state index contributed by atoms with van der Waals surface area (Å²) in [6.45, 7) is 6.46. The molecule has 0 unspecified atom stereocenters. The molecule has 0 aliphatic carbocycles. The van der Waals surface area contributed by atoms with Gasteiger partial charge in [0.15, 0.2) is 0 Å². The molecule has 2 N–H and O–H groups in total. The predicted octanol–water partition coefficient (Wildman–Crippen LogP) is 1.10. The van der Waals surface area contributed by atoms with Crippen molar-refractivity contribution in [2.24, 2.45) is 5.41 Å². The first-order valence-corrected chi connectivity index (χ1v) is 7.48. The maximum absolute atomic E-state index is 12.0. The van der Waals surface area contributed by atoms with Crippen molar-refractivity contribution >= 4 is 11.6 Å². The molecule has 0 fully saturated rings. The molecule has 0 aliphatic rings. The second-order valence-corrected chi connectivity index (χ2v) is 7.08. The van der Waals surface area contributed by atoms with E-state index in [9.17, 15) is 4.79 Å². The van der Waals surface area contributed by atoms with Gasteiger partial charge in [-0.3, -0.25) is 4.79 Å². The summed E-state index contributed by atoms with van der Waals surface area (Å²) in [5.74, 6) is 0.0960. The standard InChI is InChI=1S/C17H29N3O/c1-17(2,3)16(21)18-12-15(20(6)7)13-8-10-14(11-9-13)19(4)5/h8-11,15H,12H2,1-7H3,(H,18,21)/p+1/t15-/m1/s1. The molecule has 0 saturated heterocycles. The molecule has 1 rings (SSSR count). The number of amides is 1. The second kappa shape index (κ2) is 6.94. The number of quaternary nitrogens is 1. The Kier molecular flexibility index (Phi) is 5.78. The Morgan fingerprint density at radius 1 is 1.19 bits per heavy atom. The minimum atomic E-state index is -0.346. The van der Waals surface area contributed by atoms with Gasteiger partial charge in [0.1, 0.15) is 6.04 Å². The Balaban J connectivity index is 2.80. The van der Waals surface area contributed by atoms with Crippen molar-refractivity contribution in [3.63, 3.8) is 0 Å². The molecule has 4 nitrogen and oxygen atoms in total. The highest BCUT2D eigenvalue weighted by Gasteiger charge is 2.24. The van der Waals surface area contributed by atoms with Crippen molar-refractivity contribution in [3.05, 3.63) is 29.8 Å². The molecule has 0 aliphatic heterocycles. The van der Waals surface area contributed by atoms with E-state index in [0.717, 1.165) is 0 Å². The van der Waals surface area contributed by atoms with Crippen LogP contribution in [0, 0.1) is 5.41 Å². The number of likely N-dealkylation sites (N-methyl/N-ethyl adjacent to an activating group) is 1. The topological polar surface area (TPSA) is 36.8 Å². The SMILES string of the molecule is CN(C)c1ccc([C@@H](CNC(=O)C(C)(C)C)[NH+](C)C)cc1. The molecule has 1 aromatic rings. The average molecular weight is 292 g/mol. The fraction of sp³-hybridized carbons (Fsp3) is 0.588. The zero-order valence-corrected chi connectivity index (χ0v) is 14.4. The summed E-state index contributed by atoms with van der Waals surface area (Å²) >= 11 is 0. The molecule has 118 valence electrons. The van der Waals surface area contributed by atoms with Gasteiger partial charge in [-0.2, -0.15) is 0 Å². The molecular formula is C17H30N3O+. The maximum Gasteiger partial charge on any atom is 0.225 e. The Labute approximate surface area is 129 Å². The highest BCUT2D eigenvalue weighted by Crippen LogP contribution is 2.17. The summed E-state index contributed by atoms with van der Waals surface area (Å²) in [6, 6.07) is 8.80. The minimum absolute atomic E-state index is 0.0960. The molecule has 0 aromatic heterocycles. The van der Waals surface area contributed by atoms with Crippen LogP contribution in [-0.2, 0) is 4.79 Å². The van der Waals surface area contributed by atoms with Crippen molar-refractivity contribution in [2.45, 2.75) is 26.8 Å². The van der Waals surface area contributed by atoms with Gasteiger partial charge in [-0.15, -0.1) is 0 Å². The van der Waals surface area contributed by atoms with Gasteiger partial charge >= 0.3 is 0 Å². The van der Waals surface area contributed by atoms with Crippen LogP contribution in [0.15, 0.2) is 24.3 Å². The summed E-state index contributed by atoms with van der Waals surface area (Å²) in [5, 5.41) is 3.07. The lowest BCUT2D eigenvalue weighted by atomic mass is 9.95. The average Bonchev–Trinajstić information content (AvgIpc) is 2.37.